The van der Waals surface area contributed by atoms with Gasteiger partial charge < -0.3 is 24.4 Å². The molecule has 0 aliphatic heterocycles. The monoisotopic (exact) mass is 629 g/mol. The average Bonchev–Trinajstić information content (AvgIpc) is 3.55. The van der Waals surface area contributed by atoms with Crippen LogP contribution in [0, 0.1) is 17.1 Å². The maximum absolute atomic E-state index is 15.2. The first-order valence-corrected chi connectivity index (χ1v) is 14.7. The third-order valence-corrected chi connectivity index (χ3v) is 8.59. The summed E-state index contributed by atoms with van der Waals surface area (Å²) < 4.78 is 33.0. The van der Waals surface area contributed by atoms with Crippen molar-refractivity contribution in [1.29, 1.82) is 5.26 Å². The predicted molar refractivity (Wildman–Crippen MR) is 163 cm³/mol. The van der Waals surface area contributed by atoms with E-state index in [1.54, 1.807) is 42.6 Å². The van der Waals surface area contributed by atoms with Crippen molar-refractivity contribution in [3.05, 3.63) is 106 Å². The summed E-state index contributed by atoms with van der Waals surface area (Å²) in [4.78, 5) is 15.9. The second-order valence-corrected chi connectivity index (χ2v) is 11.5. The Morgan fingerprint density at radius 2 is 1.93 bits per heavy atom. The van der Waals surface area contributed by atoms with Gasteiger partial charge in [-0.25, -0.2) is 4.39 Å². The van der Waals surface area contributed by atoms with Gasteiger partial charge in [0.25, 0.3) is 0 Å². The number of aliphatic hydroxyl groups excluding tert-OH is 1. The molecule has 0 bridgehead atoms. The first-order valence-electron chi connectivity index (χ1n) is 14.3. The fourth-order valence-electron chi connectivity index (χ4n) is 5.74. The van der Waals surface area contributed by atoms with Crippen molar-refractivity contribution in [3.63, 3.8) is 0 Å². The molecule has 0 spiro atoms. The summed E-state index contributed by atoms with van der Waals surface area (Å²) in [5, 5.41) is 32.1. The number of pyridine rings is 1. The van der Waals surface area contributed by atoms with E-state index in [4.69, 9.17) is 25.8 Å². The van der Waals surface area contributed by atoms with Gasteiger partial charge in [0.1, 0.15) is 35.8 Å². The normalized spacial score (nSPS) is 19.8. The van der Waals surface area contributed by atoms with Crippen LogP contribution in [-0.4, -0.2) is 39.9 Å². The number of methoxy groups -OCH3 is 1. The molecule has 2 unspecified atom stereocenters. The van der Waals surface area contributed by atoms with Crippen molar-refractivity contribution in [1.82, 2.24) is 10.3 Å². The molecule has 2 aliphatic carbocycles. The smallest absolute Gasteiger partial charge is 0.326 e. The lowest BCUT2D eigenvalue weighted by atomic mass is 9.96. The minimum Gasteiger partial charge on any atom is -0.494 e. The molecule has 3 N–H and O–H groups in total. The van der Waals surface area contributed by atoms with Gasteiger partial charge in [0.2, 0.25) is 0 Å². The zero-order valence-electron chi connectivity index (χ0n) is 24.2. The third-order valence-electron chi connectivity index (χ3n) is 8.29. The van der Waals surface area contributed by atoms with Gasteiger partial charge in [0, 0.05) is 48.1 Å². The summed E-state index contributed by atoms with van der Waals surface area (Å²) in [6, 6.07) is 17.8. The highest BCUT2D eigenvalue weighted by molar-refractivity contribution is 6.32. The molecule has 11 heteroatoms. The zero-order valence-corrected chi connectivity index (χ0v) is 25.0. The predicted octanol–water partition coefficient (Wildman–Crippen LogP) is 5.74. The topological polar surface area (TPSA) is 134 Å². The van der Waals surface area contributed by atoms with E-state index in [0.29, 0.717) is 46.6 Å². The minimum atomic E-state index is -1.43. The Morgan fingerprint density at radius 1 is 1.16 bits per heavy atom. The van der Waals surface area contributed by atoms with Crippen molar-refractivity contribution in [2.75, 3.05) is 7.11 Å². The number of carboxylic acid groups (broad SMARTS) is 1. The Balaban J connectivity index is 1.29. The lowest BCUT2D eigenvalue weighted by molar-refractivity contribution is -0.141. The molecule has 1 fully saturated rings. The van der Waals surface area contributed by atoms with Gasteiger partial charge >= 0.3 is 5.97 Å². The quantitative estimate of drug-likeness (QED) is 0.190. The Bertz CT molecular complexity index is 1830. The molecule has 6 rings (SSSR count). The van der Waals surface area contributed by atoms with Crippen LogP contribution in [0.2, 0.25) is 5.02 Å². The van der Waals surface area contributed by atoms with Gasteiger partial charge in [-0.2, -0.15) is 5.26 Å². The molecule has 45 heavy (non-hydrogen) atoms. The molecule has 0 saturated heterocycles. The number of nitrogens with one attached hydrogen (secondary N) is 1. The van der Waals surface area contributed by atoms with Crippen LogP contribution < -0.4 is 19.5 Å². The number of hydrogen-bond acceptors (Lipinski definition) is 8. The molecule has 4 aromatic rings. The highest BCUT2D eigenvalue weighted by Gasteiger charge is 2.60. The van der Waals surface area contributed by atoms with Crippen LogP contribution in [0.15, 0.2) is 67.0 Å². The molecule has 1 heterocycles. The number of benzene rings is 3. The van der Waals surface area contributed by atoms with E-state index in [9.17, 15) is 20.3 Å². The number of fused-ring (bicyclic) bond motifs is 1. The van der Waals surface area contributed by atoms with Gasteiger partial charge in [-0.15, -0.1) is 0 Å². The molecule has 0 radical (unpaired) electrons. The van der Waals surface area contributed by atoms with Crippen molar-refractivity contribution in [2.24, 2.45) is 0 Å². The fraction of sp³-hybridized carbons (Fsp3) is 0.265. The molecule has 3 aromatic carbocycles. The first-order chi connectivity index (χ1) is 21.7. The van der Waals surface area contributed by atoms with E-state index in [0.717, 1.165) is 16.7 Å². The number of aliphatic hydroxyl groups is 1. The summed E-state index contributed by atoms with van der Waals surface area (Å²) in [5.74, 6) is -0.660. The number of nitriles is 1. The van der Waals surface area contributed by atoms with E-state index in [1.165, 1.54) is 13.3 Å². The Labute approximate surface area is 263 Å². The van der Waals surface area contributed by atoms with Crippen LogP contribution in [0.5, 0.6) is 17.2 Å². The van der Waals surface area contributed by atoms with Crippen molar-refractivity contribution < 1.29 is 33.6 Å². The van der Waals surface area contributed by atoms with Crippen LogP contribution in [0.25, 0.3) is 11.1 Å². The largest absolute Gasteiger partial charge is 0.494 e. The number of aromatic nitrogens is 1. The van der Waals surface area contributed by atoms with Crippen LogP contribution in [-0.2, 0) is 24.4 Å². The Hall–Kier alpha value is -4.69. The molecular formula is C34H29ClFN3O6. The standard InChI is InChI=1S/C34H29ClFN3O6/c1-43-28-7-3-6-25(32(28)36)22-4-2-5-24-23(22)8-9-27(24)45-30-12-29(44-18-20-10-19(14-37)15-38-16-20)21(11-26(30)35)17-39-34(33(41)42)13-31(34)40/h2-7,10-12,15-16,27,31,39-40H,8-9,13,17-18H2,1H3,(H,41,42)/t27-,31?,34?/m0/s1. The molecule has 230 valence electrons. The van der Waals surface area contributed by atoms with E-state index >= 15 is 4.39 Å². The van der Waals surface area contributed by atoms with Crippen LogP contribution >= 0.6 is 11.6 Å². The van der Waals surface area contributed by atoms with E-state index < -0.39 is 23.4 Å². The number of hydrogen-bond donors (Lipinski definition) is 3. The number of aliphatic carboxylic acids is 1. The summed E-state index contributed by atoms with van der Waals surface area (Å²) in [6.07, 6.45) is 3.06. The van der Waals surface area contributed by atoms with Crippen LogP contribution in [0.3, 0.4) is 0 Å². The number of carbonyl (C=O) groups is 1. The number of carboxylic acids is 1. The Morgan fingerprint density at radius 3 is 2.67 bits per heavy atom. The maximum Gasteiger partial charge on any atom is 0.326 e. The lowest BCUT2D eigenvalue weighted by Crippen LogP contribution is -2.42. The summed E-state index contributed by atoms with van der Waals surface area (Å²) >= 11 is 6.72. The van der Waals surface area contributed by atoms with Gasteiger partial charge in [0.05, 0.1) is 23.8 Å². The summed E-state index contributed by atoms with van der Waals surface area (Å²) in [7, 11) is 1.43. The lowest BCUT2D eigenvalue weighted by Gasteiger charge is -2.21. The van der Waals surface area contributed by atoms with E-state index in [2.05, 4.69) is 16.4 Å². The number of nitrogens with zero attached hydrogens (tertiary/aromatic N) is 2. The first kappa shape index (κ1) is 30.3. The Kier molecular flexibility index (Phi) is 8.34. The molecule has 1 saturated carbocycles. The van der Waals surface area contributed by atoms with Gasteiger partial charge in [-0.05, 0) is 47.7 Å². The minimum absolute atomic E-state index is 0.0525. The average molecular weight is 630 g/mol. The number of ether oxygens (including phenoxy) is 3. The van der Waals surface area contributed by atoms with Gasteiger partial charge in [-0.3, -0.25) is 15.1 Å². The van der Waals surface area contributed by atoms with Crippen LogP contribution in [0.4, 0.5) is 4.39 Å². The molecule has 2 aliphatic rings. The number of halogens is 2. The third kappa shape index (κ3) is 5.90. The zero-order chi connectivity index (χ0) is 31.7. The van der Waals surface area contributed by atoms with Gasteiger partial charge in [-0.1, -0.05) is 41.9 Å². The number of rotatable bonds is 11. The van der Waals surface area contributed by atoms with Crippen molar-refractivity contribution in [2.45, 2.75) is 50.2 Å². The van der Waals surface area contributed by atoms with Gasteiger partial charge in [0.15, 0.2) is 11.6 Å². The second kappa shape index (κ2) is 12.4. The van der Waals surface area contributed by atoms with Crippen molar-refractivity contribution in [3.8, 4) is 34.4 Å². The fourth-order valence-corrected chi connectivity index (χ4v) is 5.97. The SMILES string of the molecule is COc1cccc(-c2cccc3c2CC[C@@H]3Oc2cc(OCc3cncc(C#N)c3)c(CNC3(C(=O)O)CC3O)cc2Cl)c1F. The van der Waals surface area contributed by atoms with E-state index in [-0.39, 0.29) is 36.4 Å². The highest BCUT2D eigenvalue weighted by atomic mass is 35.5. The maximum atomic E-state index is 15.2. The summed E-state index contributed by atoms with van der Waals surface area (Å²) in [6.45, 7) is 0.127. The van der Waals surface area contributed by atoms with E-state index in [1.807, 2.05) is 18.2 Å². The molecular weight excluding hydrogens is 601 g/mol. The van der Waals surface area contributed by atoms with Crippen molar-refractivity contribution >= 4 is 17.6 Å². The van der Waals surface area contributed by atoms with Crippen LogP contribution in [0.1, 0.15) is 46.8 Å². The second-order valence-electron chi connectivity index (χ2n) is 11.1. The molecule has 3 atom stereocenters. The molecule has 9 nitrogen and oxygen atoms in total. The summed E-state index contributed by atoms with van der Waals surface area (Å²) in [5.41, 5.74) is 3.29. The molecule has 0 amide bonds. The highest BCUT2D eigenvalue weighted by Crippen LogP contribution is 2.44. The molecule has 1 aromatic heterocycles.